The maximum absolute atomic E-state index is 5.65. The number of halogens is 1. The molecule has 0 amide bonds. The average molecular weight is 296 g/mol. The molecule has 1 nitrogen and oxygen atoms in total. The molecule has 0 heterocycles. The van der Waals surface area contributed by atoms with E-state index < -0.39 is 0 Å². The molecule has 0 N–H and O–H groups in total. The molecule has 0 radical (unpaired) electrons. The van der Waals surface area contributed by atoms with Crippen LogP contribution in [0.4, 0.5) is 0 Å². The second-order valence-corrected chi connectivity index (χ2v) is 4.12. The highest BCUT2D eigenvalue weighted by Crippen LogP contribution is 2.22. The van der Waals surface area contributed by atoms with E-state index in [2.05, 4.69) is 22.6 Å². The summed E-state index contributed by atoms with van der Waals surface area (Å²) >= 11 is 2.27. The number of ether oxygens (including phenoxy) is 1. The van der Waals surface area contributed by atoms with Gasteiger partial charge in [0, 0.05) is 3.57 Å². The third-order valence-corrected chi connectivity index (χ3v) is 2.45. The van der Waals surface area contributed by atoms with E-state index in [0.29, 0.717) is 0 Å². The molecule has 0 saturated heterocycles. The number of hydrogen-bond acceptors (Lipinski definition) is 1. The SMILES string of the molecule is Ic1cccc(Oc2ccccc2)c1. The molecule has 70 valence electrons. The summed E-state index contributed by atoms with van der Waals surface area (Å²) in [4.78, 5) is 0. The predicted octanol–water partition coefficient (Wildman–Crippen LogP) is 4.08. The zero-order valence-electron chi connectivity index (χ0n) is 7.48. The minimum Gasteiger partial charge on any atom is -0.457 e. The molecular formula is C12H9IO. The van der Waals surface area contributed by atoms with E-state index in [9.17, 15) is 0 Å². The van der Waals surface area contributed by atoms with Crippen molar-refractivity contribution in [1.82, 2.24) is 0 Å². The Kier molecular flexibility index (Phi) is 3.03. The van der Waals surface area contributed by atoms with Gasteiger partial charge in [-0.3, -0.25) is 0 Å². The first-order valence-electron chi connectivity index (χ1n) is 4.33. The van der Waals surface area contributed by atoms with E-state index in [4.69, 9.17) is 4.74 Å². The van der Waals surface area contributed by atoms with E-state index in [1.807, 2.05) is 54.6 Å². The second kappa shape index (κ2) is 4.46. The first-order chi connectivity index (χ1) is 6.84. The molecule has 2 heteroatoms. The molecule has 0 spiro atoms. The van der Waals surface area contributed by atoms with Crippen molar-refractivity contribution in [1.29, 1.82) is 0 Å². The molecule has 14 heavy (non-hydrogen) atoms. The van der Waals surface area contributed by atoms with Crippen LogP contribution >= 0.6 is 22.6 Å². The summed E-state index contributed by atoms with van der Waals surface area (Å²) in [6, 6.07) is 17.8. The van der Waals surface area contributed by atoms with Crippen molar-refractivity contribution in [3.8, 4) is 11.5 Å². The maximum Gasteiger partial charge on any atom is 0.128 e. The van der Waals surface area contributed by atoms with Crippen LogP contribution in [0.2, 0.25) is 0 Å². The third kappa shape index (κ3) is 2.48. The van der Waals surface area contributed by atoms with Gasteiger partial charge < -0.3 is 4.74 Å². The van der Waals surface area contributed by atoms with Crippen molar-refractivity contribution in [2.24, 2.45) is 0 Å². The van der Waals surface area contributed by atoms with Crippen LogP contribution in [0.3, 0.4) is 0 Å². The lowest BCUT2D eigenvalue weighted by Gasteiger charge is -2.04. The summed E-state index contributed by atoms with van der Waals surface area (Å²) in [5.41, 5.74) is 0. The van der Waals surface area contributed by atoms with Gasteiger partial charge in [-0.05, 0) is 52.9 Å². The van der Waals surface area contributed by atoms with Gasteiger partial charge in [0.25, 0.3) is 0 Å². The van der Waals surface area contributed by atoms with Gasteiger partial charge in [-0.15, -0.1) is 0 Å². The fraction of sp³-hybridized carbons (Fsp3) is 0. The summed E-state index contributed by atoms with van der Waals surface area (Å²) in [5.74, 6) is 1.75. The van der Waals surface area contributed by atoms with Crippen LogP contribution < -0.4 is 4.74 Å². The maximum atomic E-state index is 5.65. The molecule has 2 rings (SSSR count). The molecule has 2 aromatic carbocycles. The number of hydrogen-bond donors (Lipinski definition) is 0. The van der Waals surface area contributed by atoms with Crippen molar-refractivity contribution in [2.75, 3.05) is 0 Å². The summed E-state index contributed by atoms with van der Waals surface area (Å²) in [7, 11) is 0. The fourth-order valence-corrected chi connectivity index (χ4v) is 1.67. The van der Waals surface area contributed by atoms with E-state index in [0.717, 1.165) is 11.5 Å². The number of benzene rings is 2. The molecule has 0 saturated carbocycles. The lowest BCUT2D eigenvalue weighted by molar-refractivity contribution is 0.482. The Balaban J connectivity index is 2.19. The van der Waals surface area contributed by atoms with Gasteiger partial charge in [0.15, 0.2) is 0 Å². The van der Waals surface area contributed by atoms with E-state index in [1.54, 1.807) is 0 Å². The van der Waals surface area contributed by atoms with E-state index >= 15 is 0 Å². The number of para-hydroxylation sites is 1. The van der Waals surface area contributed by atoms with Crippen molar-refractivity contribution < 1.29 is 4.74 Å². The Bertz CT molecular complexity index is 412. The van der Waals surface area contributed by atoms with E-state index in [1.165, 1.54) is 3.57 Å². The molecule has 0 aliphatic carbocycles. The standard InChI is InChI=1S/C12H9IO/c13-10-5-4-8-12(9-10)14-11-6-2-1-3-7-11/h1-9H. The lowest BCUT2D eigenvalue weighted by atomic mass is 10.3. The number of rotatable bonds is 2. The summed E-state index contributed by atoms with van der Waals surface area (Å²) in [6.45, 7) is 0. The smallest absolute Gasteiger partial charge is 0.128 e. The predicted molar refractivity (Wildman–Crippen MR) is 65.7 cm³/mol. The molecule has 0 unspecified atom stereocenters. The Morgan fingerprint density at radius 1 is 0.786 bits per heavy atom. The van der Waals surface area contributed by atoms with Crippen LogP contribution in [0.25, 0.3) is 0 Å². The van der Waals surface area contributed by atoms with Crippen LogP contribution in [-0.4, -0.2) is 0 Å². The normalized spacial score (nSPS) is 9.79. The van der Waals surface area contributed by atoms with Crippen LogP contribution in [0.15, 0.2) is 54.6 Å². The molecule has 0 bridgehead atoms. The van der Waals surface area contributed by atoms with Crippen LogP contribution in [0.1, 0.15) is 0 Å². The van der Waals surface area contributed by atoms with Gasteiger partial charge in [0.05, 0.1) is 0 Å². The molecular weight excluding hydrogens is 287 g/mol. The minimum atomic E-state index is 0.870. The van der Waals surface area contributed by atoms with E-state index in [-0.39, 0.29) is 0 Å². The molecule has 0 aliphatic rings. The Hall–Kier alpha value is -1.03. The van der Waals surface area contributed by atoms with Crippen LogP contribution in [-0.2, 0) is 0 Å². The zero-order valence-corrected chi connectivity index (χ0v) is 9.64. The largest absolute Gasteiger partial charge is 0.457 e. The molecule has 0 aromatic heterocycles. The Morgan fingerprint density at radius 3 is 2.21 bits per heavy atom. The van der Waals surface area contributed by atoms with Gasteiger partial charge >= 0.3 is 0 Å². The molecule has 2 aromatic rings. The highest BCUT2D eigenvalue weighted by atomic mass is 127. The Labute approximate surface area is 96.9 Å². The van der Waals surface area contributed by atoms with Crippen molar-refractivity contribution in [2.45, 2.75) is 0 Å². The first kappa shape index (κ1) is 9.52. The van der Waals surface area contributed by atoms with Crippen molar-refractivity contribution >= 4 is 22.6 Å². The summed E-state index contributed by atoms with van der Waals surface area (Å²) in [6.07, 6.45) is 0. The molecule has 0 atom stereocenters. The monoisotopic (exact) mass is 296 g/mol. The highest BCUT2D eigenvalue weighted by Gasteiger charge is 1.95. The van der Waals surface area contributed by atoms with Crippen LogP contribution in [0.5, 0.6) is 11.5 Å². The topological polar surface area (TPSA) is 9.23 Å². The second-order valence-electron chi connectivity index (χ2n) is 2.87. The van der Waals surface area contributed by atoms with Gasteiger partial charge in [-0.25, -0.2) is 0 Å². The highest BCUT2D eigenvalue weighted by molar-refractivity contribution is 14.1. The summed E-state index contributed by atoms with van der Waals surface area (Å²) in [5, 5.41) is 0. The zero-order chi connectivity index (χ0) is 9.80. The summed E-state index contributed by atoms with van der Waals surface area (Å²) < 4.78 is 6.83. The van der Waals surface area contributed by atoms with Gasteiger partial charge in [0.2, 0.25) is 0 Å². The van der Waals surface area contributed by atoms with Gasteiger partial charge in [0.1, 0.15) is 11.5 Å². The van der Waals surface area contributed by atoms with Gasteiger partial charge in [-0.1, -0.05) is 24.3 Å². The molecule has 0 aliphatic heterocycles. The van der Waals surface area contributed by atoms with Crippen LogP contribution in [0, 0.1) is 3.57 Å². The quantitative estimate of drug-likeness (QED) is 0.759. The lowest BCUT2D eigenvalue weighted by Crippen LogP contribution is -1.83. The fourth-order valence-electron chi connectivity index (χ4n) is 1.16. The van der Waals surface area contributed by atoms with Crippen molar-refractivity contribution in [3.05, 3.63) is 58.2 Å². The third-order valence-electron chi connectivity index (χ3n) is 1.77. The van der Waals surface area contributed by atoms with Crippen molar-refractivity contribution in [3.63, 3.8) is 0 Å². The molecule has 0 fully saturated rings. The minimum absolute atomic E-state index is 0.870. The average Bonchev–Trinajstić information content (AvgIpc) is 2.19. The Morgan fingerprint density at radius 2 is 1.50 bits per heavy atom. The first-order valence-corrected chi connectivity index (χ1v) is 5.41. The van der Waals surface area contributed by atoms with Gasteiger partial charge in [-0.2, -0.15) is 0 Å².